The van der Waals surface area contributed by atoms with Crippen molar-refractivity contribution in [1.29, 1.82) is 0 Å². The molecule has 3 rings (SSSR count). The molecule has 0 saturated heterocycles. The standard InChI is InChI=1S/C17H16N6O2/c1-12(13-5-9-16(25-2)10-6-13)19-20-17(24)14-3-7-15(8-4-14)23-11-18-21-22-23/h3-11H,1-2H3,(H,20,24)/b19-12+. The molecular weight excluding hydrogens is 320 g/mol. The number of aromatic nitrogens is 4. The van der Waals surface area contributed by atoms with Gasteiger partial charge in [0.2, 0.25) is 0 Å². The van der Waals surface area contributed by atoms with E-state index >= 15 is 0 Å². The van der Waals surface area contributed by atoms with Crippen molar-refractivity contribution < 1.29 is 9.53 Å². The molecule has 0 aliphatic heterocycles. The summed E-state index contributed by atoms with van der Waals surface area (Å²) in [7, 11) is 1.61. The van der Waals surface area contributed by atoms with Crippen LogP contribution in [0.5, 0.6) is 5.75 Å². The molecule has 0 radical (unpaired) electrons. The van der Waals surface area contributed by atoms with Crippen molar-refractivity contribution in [3.8, 4) is 11.4 Å². The minimum Gasteiger partial charge on any atom is -0.497 e. The summed E-state index contributed by atoms with van der Waals surface area (Å²) in [5, 5.41) is 15.1. The van der Waals surface area contributed by atoms with Gasteiger partial charge in [-0.05, 0) is 71.4 Å². The number of hydrogen-bond donors (Lipinski definition) is 1. The van der Waals surface area contributed by atoms with Crippen molar-refractivity contribution in [1.82, 2.24) is 25.6 Å². The molecule has 0 bridgehead atoms. The molecule has 8 heteroatoms. The minimum atomic E-state index is -0.295. The second-order valence-corrected chi connectivity index (χ2v) is 5.17. The average molecular weight is 336 g/mol. The minimum absolute atomic E-state index is 0.295. The Kier molecular flexibility index (Phi) is 4.79. The largest absolute Gasteiger partial charge is 0.497 e. The van der Waals surface area contributed by atoms with Crippen LogP contribution >= 0.6 is 0 Å². The van der Waals surface area contributed by atoms with Gasteiger partial charge in [0, 0.05) is 5.56 Å². The van der Waals surface area contributed by atoms with E-state index < -0.39 is 0 Å². The van der Waals surface area contributed by atoms with Crippen LogP contribution in [-0.4, -0.2) is 38.9 Å². The monoisotopic (exact) mass is 336 g/mol. The van der Waals surface area contributed by atoms with Crippen LogP contribution in [-0.2, 0) is 0 Å². The third-order valence-corrected chi connectivity index (χ3v) is 3.58. The Morgan fingerprint density at radius 3 is 2.36 bits per heavy atom. The second-order valence-electron chi connectivity index (χ2n) is 5.17. The molecule has 3 aromatic rings. The number of carbonyl (C=O) groups excluding carboxylic acids is 1. The van der Waals surface area contributed by atoms with Gasteiger partial charge in [-0.1, -0.05) is 0 Å². The zero-order valence-corrected chi connectivity index (χ0v) is 13.7. The van der Waals surface area contributed by atoms with E-state index in [4.69, 9.17) is 4.74 Å². The van der Waals surface area contributed by atoms with Gasteiger partial charge >= 0.3 is 0 Å². The van der Waals surface area contributed by atoms with Crippen molar-refractivity contribution >= 4 is 11.6 Å². The molecule has 0 spiro atoms. The number of hydrogen-bond acceptors (Lipinski definition) is 6. The second kappa shape index (κ2) is 7.35. The van der Waals surface area contributed by atoms with Crippen molar-refractivity contribution in [2.24, 2.45) is 5.10 Å². The fraction of sp³-hybridized carbons (Fsp3) is 0.118. The summed E-state index contributed by atoms with van der Waals surface area (Å²) in [5.41, 5.74) is 5.40. The fourth-order valence-corrected chi connectivity index (χ4v) is 2.14. The Balaban J connectivity index is 1.66. The maximum Gasteiger partial charge on any atom is 0.271 e. The molecule has 0 aliphatic carbocycles. The summed E-state index contributed by atoms with van der Waals surface area (Å²) in [4.78, 5) is 12.2. The molecule has 1 N–H and O–H groups in total. The summed E-state index contributed by atoms with van der Waals surface area (Å²) in [6.45, 7) is 1.82. The first-order valence-corrected chi connectivity index (χ1v) is 7.50. The Morgan fingerprint density at radius 1 is 1.08 bits per heavy atom. The first-order chi connectivity index (χ1) is 12.2. The van der Waals surface area contributed by atoms with E-state index in [0.717, 1.165) is 17.0 Å². The van der Waals surface area contributed by atoms with Crippen molar-refractivity contribution in [3.63, 3.8) is 0 Å². The third kappa shape index (κ3) is 3.86. The highest BCUT2D eigenvalue weighted by molar-refractivity contribution is 6.00. The number of nitrogens with one attached hydrogen (secondary N) is 1. The van der Waals surface area contributed by atoms with Gasteiger partial charge in [0.15, 0.2) is 0 Å². The Morgan fingerprint density at radius 2 is 1.76 bits per heavy atom. The Bertz CT molecular complexity index is 871. The highest BCUT2D eigenvalue weighted by Crippen LogP contribution is 2.12. The summed E-state index contributed by atoms with van der Waals surface area (Å²) in [6, 6.07) is 14.3. The SMILES string of the molecule is COc1ccc(/C(C)=N/NC(=O)c2ccc(-n3cnnn3)cc2)cc1. The maximum atomic E-state index is 12.2. The van der Waals surface area contributed by atoms with E-state index in [-0.39, 0.29) is 5.91 Å². The van der Waals surface area contributed by atoms with Crippen LogP contribution < -0.4 is 10.2 Å². The molecule has 0 atom stereocenters. The van der Waals surface area contributed by atoms with Crippen molar-refractivity contribution in [2.45, 2.75) is 6.92 Å². The summed E-state index contributed by atoms with van der Waals surface area (Å²) < 4.78 is 6.63. The molecule has 1 heterocycles. The number of carbonyl (C=O) groups is 1. The molecule has 1 amide bonds. The smallest absolute Gasteiger partial charge is 0.271 e. The van der Waals surface area contributed by atoms with E-state index in [1.165, 1.54) is 11.0 Å². The van der Waals surface area contributed by atoms with Crippen LogP contribution in [0.1, 0.15) is 22.8 Å². The Hall–Kier alpha value is -3.55. The number of hydrazone groups is 1. The molecule has 1 aromatic heterocycles. The molecule has 0 aliphatic rings. The molecule has 0 saturated carbocycles. The van der Waals surface area contributed by atoms with Gasteiger partial charge in [0.1, 0.15) is 12.1 Å². The fourth-order valence-electron chi connectivity index (χ4n) is 2.14. The number of tetrazole rings is 1. The van der Waals surface area contributed by atoms with Crippen LogP contribution in [0.3, 0.4) is 0 Å². The van der Waals surface area contributed by atoms with Crippen LogP contribution in [0, 0.1) is 0 Å². The van der Waals surface area contributed by atoms with E-state index in [1.54, 1.807) is 31.4 Å². The number of methoxy groups -OCH3 is 1. The van der Waals surface area contributed by atoms with Gasteiger partial charge in [-0.15, -0.1) is 5.10 Å². The number of rotatable bonds is 5. The molecular formula is C17H16N6O2. The predicted octanol–water partition coefficient (Wildman–Crippen LogP) is 1.82. The van der Waals surface area contributed by atoms with E-state index in [1.807, 2.05) is 31.2 Å². The highest BCUT2D eigenvalue weighted by Gasteiger charge is 2.06. The molecule has 25 heavy (non-hydrogen) atoms. The zero-order valence-electron chi connectivity index (χ0n) is 13.7. The van der Waals surface area contributed by atoms with Gasteiger partial charge < -0.3 is 4.74 Å². The maximum absolute atomic E-state index is 12.2. The number of benzene rings is 2. The van der Waals surface area contributed by atoms with E-state index in [2.05, 4.69) is 26.1 Å². The molecule has 126 valence electrons. The average Bonchev–Trinajstić information content (AvgIpc) is 3.21. The lowest BCUT2D eigenvalue weighted by Gasteiger charge is -2.05. The molecule has 0 fully saturated rings. The first-order valence-electron chi connectivity index (χ1n) is 7.50. The van der Waals surface area contributed by atoms with Crippen molar-refractivity contribution in [3.05, 3.63) is 66.0 Å². The van der Waals surface area contributed by atoms with Gasteiger partial charge in [-0.25, -0.2) is 10.1 Å². The lowest BCUT2D eigenvalue weighted by molar-refractivity contribution is 0.0955. The lowest BCUT2D eigenvalue weighted by Crippen LogP contribution is -2.19. The lowest BCUT2D eigenvalue weighted by atomic mass is 10.1. The third-order valence-electron chi connectivity index (χ3n) is 3.58. The molecule has 0 unspecified atom stereocenters. The van der Waals surface area contributed by atoms with Gasteiger partial charge in [0.05, 0.1) is 18.5 Å². The number of nitrogens with zero attached hydrogens (tertiary/aromatic N) is 5. The quantitative estimate of drug-likeness (QED) is 0.566. The molecule has 2 aromatic carbocycles. The van der Waals surface area contributed by atoms with E-state index in [0.29, 0.717) is 11.3 Å². The predicted molar refractivity (Wildman–Crippen MR) is 91.8 cm³/mol. The topological polar surface area (TPSA) is 94.3 Å². The number of ether oxygens (including phenoxy) is 1. The summed E-state index contributed by atoms with van der Waals surface area (Å²) >= 11 is 0. The van der Waals surface area contributed by atoms with Gasteiger partial charge in [-0.2, -0.15) is 5.10 Å². The van der Waals surface area contributed by atoms with Crippen molar-refractivity contribution in [2.75, 3.05) is 7.11 Å². The highest BCUT2D eigenvalue weighted by atomic mass is 16.5. The normalized spacial score (nSPS) is 11.2. The van der Waals surface area contributed by atoms with Crippen LogP contribution in [0.15, 0.2) is 60.0 Å². The first kappa shape index (κ1) is 16.3. The zero-order chi connectivity index (χ0) is 17.6. The summed E-state index contributed by atoms with van der Waals surface area (Å²) in [5.74, 6) is 0.472. The van der Waals surface area contributed by atoms with Gasteiger partial charge in [-0.3, -0.25) is 4.79 Å². The number of amides is 1. The van der Waals surface area contributed by atoms with Crippen LogP contribution in [0.25, 0.3) is 5.69 Å². The van der Waals surface area contributed by atoms with E-state index in [9.17, 15) is 4.79 Å². The Labute approximate surface area is 144 Å². The van der Waals surface area contributed by atoms with Gasteiger partial charge in [0.25, 0.3) is 5.91 Å². The van der Waals surface area contributed by atoms with Crippen LogP contribution in [0.4, 0.5) is 0 Å². The van der Waals surface area contributed by atoms with Crippen LogP contribution in [0.2, 0.25) is 0 Å². The molecule has 8 nitrogen and oxygen atoms in total. The summed E-state index contributed by atoms with van der Waals surface area (Å²) in [6.07, 6.45) is 1.48.